The molecule has 0 bridgehead atoms. The number of benzene rings is 3. The average molecular weight is 759 g/mol. The summed E-state index contributed by atoms with van der Waals surface area (Å²) >= 11 is 0. The van der Waals surface area contributed by atoms with E-state index >= 15 is 0 Å². The van der Waals surface area contributed by atoms with Crippen molar-refractivity contribution in [3.05, 3.63) is 100 Å². The van der Waals surface area contributed by atoms with Crippen LogP contribution in [0.5, 0.6) is 5.75 Å². The average Bonchev–Trinajstić information content (AvgIpc) is 3.09. The molecular formula is C40H44F6N4O4. The zero-order valence-corrected chi connectivity index (χ0v) is 30.6. The number of aromatic nitrogens is 2. The van der Waals surface area contributed by atoms with Gasteiger partial charge < -0.3 is 24.7 Å². The molecule has 4 aromatic rings. The largest absolute Gasteiger partial charge is 0.490 e. The first-order valence-electron chi connectivity index (χ1n) is 17.7. The van der Waals surface area contributed by atoms with E-state index in [4.69, 9.17) is 9.84 Å². The first-order valence-corrected chi connectivity index (χ1v) is 17.7. The van der Waals surface area contributed by atoms with Gasteiger partial charge >= 0.3 is 18.3 Å². The van der Waals surface area contributed by atoms with Crippen LogP contribution >= 0.6 is 0 Å². The number of carboxylic acid groups (broad SMARTS) is 1. The number of aliphatic carboxylic acids is 1. The Kier molecular flexibility index (Phi) is 12.1. The number of hydrogen-bond acceptors (Lipinski definition) is 7. The molecule has 3 aromatic carbocycles. The Morgan fingerprint density at radius 1 is 0.907 bits per heavy atom. The fourth-order valence-corrected chi connectivity index (χ4v) is 6.40. The number of carbonyl (C=O) groups is 1. The molecule has 2 heterocycles. The molecular weight excluding hydrogens is 714 g/mol. The van der Waals surface area contributed by atoms with Gasteiger partial charge in [-0.1, -0.05) is 38.1 Å². The van der Waals surface area contributed by atoms with Crippen LogP contribution in [-0.2, 0) is 30.2 Å². The summed E-state index contributed by atoms with van der Waals surface area (Å²) in [4.78, 5) is 23.3. The Bertz CT molecular complexity index is 1890. The van der Waals surface area contributed by atoms with Gasteiger partial charge in [0.15, 0.2) is 5.75 Å². The molecule has 8 nitrogen and oxygen atoms in total. The van der Waals surface area contributed by atoms with Crippen LogP contribution in [0.1, 0.15) is 85.8 Å². The Morgan fingerprint density at radius 3 is 2.11 bits per heavy atom. The minimum Gasteiger partial charge on any atom is -0.490 e. The lowest BCUT2D eigenvalue weighted by molar-refractivity contribution is -0.143. The Labute approximate surface area is 310 Å². The lowest BCUT2D eigenvalue weighted by Crippen LogP contribution is -2.42. The number of nitrogens with zero attached hydrogens (tertiary/aromatic N) is 4. The Balaban J connectivity index is 1.61. The van der Waals surface area contributed by atoms with E-state index in [1.54, 1.807) is 6.92 Å². The van der Waals surface area contributed by atoms with Crippen molar-refractivity contribution in [2.24, 2.45) is 0 Å². The van der Waals surface area contributed by atoms with Gasteiger partial charge in [0.2, 0.25) is 5.95 Å². The Morgan fingerprint density at radius 2 is 1.54 bits per heavy atom. The number of ether oxygens (including phenoxy) is 1. The summed E-state index contributed by atoms with van der Waals surface area (Å²) in [6.07, 6.45) is -6.20. The van der Waals surface area contributed by atoms with Crippen molar-refractivity contribution < 1.29 is 46.1 Å². The molecule has 1 aromatic heterocycles. The van der Waals surface area contributed by atoms with Crippen LogP contribution in [0.15, 0.2) is 67.0 Å². The number of anilines is 2. The van der Waals surface area contributed by atoms with Crippen LogP contribution < -0.4 is 14.5 Å². The first-order chi connectivity index (χ1) is 25.3. The number of piperidine rings is 1. The molecule has 2 N–H and O–H groups in total. The van der Waals surface area contributed by atoms with Crippen molar-refractivity contribution in [2.75, 3.05) is 29.5 Å². The van der Waals surface area contributed by atoms with Gasteiger partial charge in [-0.05, 0) is 103 Å². The third-order valence-electron chi connectivity index (χ3n) is 9.60. The summed E-state index contributed by atoms with van der Waals surface area (Å²) in [5, 5.41) is 19.5. The summed E-state index contributed by atoms with van der Waals surface area (Å²) in [7, 11) is 0. The van der Waals surface area contributed by atoms with Gasteiger partial charge in [-0.25, -0.2) is 9.97 Å². The highest BCUT2D eigenvalue weighted by atomic mass is 19.4. The van der Waals surface area contributed by atoms with Crippen molar-refractivity contribution in [3.8, 4) is 16.9 Å². The topological polar surface area (TPSA) is 99.0 Å². The third kappa shape index (κ3) is 10.4. The van der Waals surface area contributed by atoms with Crippen LogP contribution in [0, 0.1) is 6.92 Å². The SMILES string of the molecule is Cc1ccc(C(C)C)cc1-c1ccc(N2CCC(C)(O)CC2)cc1CN(Cc1cc(C(F)(F)F)cc(C(F)(F)F)c1)c1ncc(OCCCC(=O)O)cn1. The van der Waals surface area contributed by atoms with Crippen LogP contribution in [-0.4, -0.2) is 51.4 Å². The minimum atomic E-state index is -5.03. The summed E-state index contributed by atoms with van der Waals surface area (Å²) in [5.41, 5.74) is 1.50. The van der Waals surface area contributed by atoms with Crippen molar-refractivity contribution in [1.82, 2.24) is 9.97 Å². The van der Waals surface area contributed by atoms with Crippen molar-refractivity contribution in [2.45, 2.75) is 90.3 Å². The maximum absolute atomic E-state index is 13.9. The van der Waals surface area contributed by atoms with Gasteiger partial charge in [0.1, 0.15) is 0 Å². The summed E-state index contributed by atoms with van der Waals surface area (Å²) < 4.78 is 89.1. The molecule has 290 valence electrons. The molecule has 14 heteroatoms. The molecule has 0 aliphatic carbocycles. The predicted octanol–water partition coefficient (Wildman–Crippen LogP) is 9.41. The molecule has 0 atom stereocenters. The molecule has 5 rings (SSSR count). The lowest BCUT2D eigenvalue weighted by atomic mass is 9.90. The quantitative estimate of drug-likeness (QED) is 0.103. The summed E-state index contributed by atoms with van der Waals surface area (Å²) in [6.45, 7) is 8.74. The summed E-state index contributed by atoms with van der Waals surface area (Å²) in [5.74, 6) is -0.526. The van der Waals surface area contributed by atoms with E-state index in [9.17, 15) is 36.2 Å². The lowest BCUT2D eigenvalue weighted by Gasteiger charge is -2.37. The standard InChI is InChI=1S/C40H44F6N4O4/c1-25(2)28-8-7-26(3)35(19-28)34-10-9-32(49-13-11-38(4,53)12-14-49)18-29(34)24-50(37-47-21-33(22-48-37)54-15-5-6-36(51)52)23-27-16-30(39(41,42)43)20-31(17-27)40(44,45)46/h7-10,16-22,25,53H,5-6,11-15,23-24H2,1-4H3,(H,51,52). The van der Waals surface area contributed by atoms with E-state index in [1.807, 2.05) is 31.2 Å². The zero-order valence-electron chi connectivity index (χ0n) is 30.6. The van der Waals surface area contributed by atoms with Crippen LogP contribution in [0.3, 0.4) is 0 Å². The second kappa shape index (κ2) is 16.3. The number of aryl methyl sites for hydroxylation is 1. The summed E-state index contributed by atoms with van der Waals surface area (Å²) in [6, 6.07) is 13.6. The number of rotatable bonds is 13. The van der Waals surface area contributed by atoms with Gasteiger partial charge in [-0.15, -0.1) is 0 Å². The van der Waals surface area contributed by atoms with E-state index in [1.165, 1.54) is 17.3 Å². The first kappa shape index (κ1) is 40.3. The zero-order chi connectivity index (χ0) is 39.4. The number of alkyl halides is 6. The molecule has 0 spiro atoms. The van der Waals surface area contributed by atoms with E-state index in [0.717, 1.165) is 33.5 Å². The highest BCUT2D eigenvalue weighted by Crippen LogP contribution is 2.38. The maximum atomic E-state index is 13.9. The van der Waals surface area contributed by atoms with Crippen molar-refractivity contribution in [1.29, 1.82) is 0 Å². The number of halogens is 6. The smallest absolute Gasteiger partial charge is 0.416 e. The van der Waals surface area contributed by atoms with E-state index in [2.05, 4.69) is 40.8 Å². The van der Waals surface area contributed by atoms with Gasteiger partial charge in [-0.3, -0.25) is 4.79 Å². The van der Waals surface area contributed by atoms with Crippen molar-refractivity contribution >= 4 is 17.6 Å². The highest BCUT2D eigenvalue weighted by Gasteiger charge is 2.37. The van der Waals surface area contributed by atoms with Gasteiger partial charge in [0.25, 0.3) is 0 Å². The molecule has 0 saturated carbocycles. The molecule has 1 saturated heterocycles. The number of aliphatic hydroxyl groups is 1. The van der Waals surface area contributed by atoms with Gasteiger partial charge in [0, 0.05) is 38.3 Å². The third-order valence-corrected chi connectivity index (χ3v) is 9.60. The number of carboxylic acids is 1. The fourth-order valence-electron chi connectivity index (χ4n) is 6.40. The van der Waals surface area contributed by atoms with Gasteiger partial charge in [0.05, 0.1) is 35.7 Å². The van der Waals surface area contributed by atoms with Gasteiger partial charge in [-0.2, -0.15) is 26.3 Å². The van der Waals surface area contributed by atoms with Crippen LogP contribution in [0.2, 0.25) is 0 Å². The van der Waals surface area contributed by atoms with Crippen LogP contribution in [0.25, 0.3) is 11.1 Å². The molecule has 1 fully saturated rings. The van der Waals surface area contributed by atoms with E-state index in [0.29, 0.717) is 38.1 Å². The molecule has 1 aliphatic rings. The van der Waals surface area contributed by atoms with Crippen LogP contribution in [0.4, 0.5) is 38.0 Å². The highest BCUT2D eigenvalue weighted by molar-refractivity contribution is 5.74. The Hall–Kier alpha value is -4.85. The van der Waals surface area contributed by atoms with E-state index < -0.39 is 41.6 Å². The molecule has 54 heavy (non-hydrogen) atoms. The predicted molar refractivity (Wildman–Crippen MR) is 194 cm³/mol. The van der Waals surface area contributed by atoms with E-state index in [-0.39, 0.29) is 55.2 Å². The number of hydrogen-bond donors (Lipinski definition) is 2. The molecule has 0 amide bonds. The molecule has 0 radical (unpaired) electrons. The second-order valence-corrected chi connectivity index (χ2v) is 14.4. The monoisotopic (exact) mass is 758 g/mol. The normalized spacial score (nSPS) is 14.7. The van der Waals surface area contributed by atoms with Crippen molar-refractivity contribution in [3.63, 3.8) is 0 Å². The maximum Gasteiger partial charge on any atom is 0.416 e. The minimum absolute atomic E-state index is 0.00349. The fraction of sp³-hybridized carbons (Fsp3) is 0.425. The molecule has 0 unspecified atom stereocenters. The molecule has 1 aliphatic heterocycles. The second-order valence-electron chi connectivity index (χ2n) is 14.4.